The third-order valence-electron chi connectivity index (χ3n) is 6.04. The van der Waals surface area contributed by atoms with Gasteiger partial charge in [-0.2, -0.15) is 4.31 Å². The van der Waals surface area contributed by atoms with Gasteiger partial charge in [0.25, 0.3) is 0 Å². The topological polar surface area (TPSA) is 87.0 Å². The molecule has 1 fully saturated rings. The summed E-state index contributed by atoms with van der Waals surface area (Å²) in [4.78, 5) is 13.4. The Hall–Kier alpha value is -2.88. The van der Waals surface area contributed by atoms with Crippen molar-refractivity contribution >= 4 is 44.0 Å². The highest BCUT2D eigenvalue weighted by Crippen LogP contribution is 2.25. The van der Waals surface area contributed by atoms with E-state index in [0.717, 1.165) is 45.6 Å². The minimum Gasteiger partial charge on any atom is -0.384 e. The maximum atomic E-state index is 13.1. The summed E-state index contributed by atoms with van der Waals surface area (Å²) in [6, 6.07) is 13.4. The number of pyridine rings is 1. The second-order valence-corrected chi connectivity index (χ2v) is 11.5. The maximum Gasteiger partial charge on any atom is 0.236 e. The monoisotopic (exact) mass is 567 g/mol. The molecule has 1 aromatic heterocycles. The molecule has 0 radical (unpaired) electrons. The fourth-order valence-corrected chi connectivity index (χ4v) is 5.73. The number of sulfonamides is 1. The fourth-order valence-electron chi connectivity index (χ4n) is 4.10. The molecular weight excluding hydrogens is 538 g/mol. The van der Waals surface area contributed by atoms with Crippen molar-refractivity contribution in [1.82, 2.24) is 14.6 Å². The van der Waals surface area contributed by atoms with E-state index in [0.29, 0.717) is 26.2 Å². The Balaban J connectivity index is 1.53. The molecule has 1 atom stereocenters. The molecule has 2 aliphatic heterocycles. The van der Waals surface area contributed by atoms with E-state index in [-0.39, 0.29) is 5.92 Å². The zero-order valence-electron chi connectivity index (χ0n) is 20.2. The Bertz CT molecular complexity index is 1300. The van der Waals surface area contributed by atoms with Crippen LogP contribution in [0.4, 0.5) is 0 Å². The van der Waals surface area contributed by atoms with Gasteiger partial charge in [-0.3, -0.25) is 15.0 Å². The zero-order chi connectivity index (χ0) is 25.4. The molecule has 3 heterocycles. The van der Waals surface area contributed by atoms with Crippen molar-refractivity contribution in [2.75, 3.05) is 19.6 Å². The van der Waals surface area contributed by atoms with Gasteiger partial charge in [0.05, 0.1) is 16.7 Å². The van der Waals surface area contributed by atoms with Gasteiger partial charge >= 0.3 is 0 Å². The summed E-state index contributed by atoms with van der Waals surface area (Å²) in [6.07, 6.45) is 10.7. The van der Waals surface area contributed by atoms with Gasteiger partial charge in [-0.25, -0.2) is 8.42 Å². The average Bonchev–Trinajstić information content (AvgIpc) is 3.31. The molecule has 0 amide bonds. The molecule has 9 heteroatoms. The molecule has 188 valence electrons. The van der Waals surface area contributed by atoms with Crippen LogP contribution in [-0.4, -0.2) is 49.3 Å². The lowest BCUT2D eigenvalue weighted by Gasteiger charge is -2.31. The molecule has 2 aromatic rings. The predicted molar refractivity (Wildman–Crippen MR) is 150 cm³/mol. The Morgan fingerprint density at radius 3 is 2.81 bits per heavy atom. The van der Waals surface area contributed by atoms with Gasteiger partial charge in [0, 0.05) is 61.0 Å². The van der Waals surface area contributed by atoms with Crippen molar-refractivity contribution in [3.05, 3.63) is 93.3 Å². The second-order valence-electron chi connectivity index (χ2n) is 8.80. The van der Waals surface area contributed by atoms with Crippen LogP contribution in [0.15, 0.2) is 92.2 Å². The molecule has 0 spiro atoms. The van der Waals surface area contributed by atoms with Crippen molar-refractivity contribution < 1.29 is 8.42 Å². The molecule has 1 saturated heterocycles. The Labute approximate surface area is 221 Å². The number of nitrogens with one attached hydrogen (secondary N) is 1. The van der Waals surface area contributed by atoms with E-state index in [2.05, 4.69) is 31.2 Å². The predicted octanol–water partition coefficient (Wildman–Crippen LogP) is 4.92. The number of hydrogen-bond donors (Lipinski definition) is 1. The Kier molecular flexibility index (Phi) is 9.01. The molecule has 4 rings (SSSR count). The third kappa shape index (κ3) is 7.32. The minimum atomic E-state index is -3.55. The fraction of sp³-hybridized carbons (Fsp3) is 0.296. The average molecular weight is 569 g/mol. The highest BCUT2D eigenvalue weighted by molar-refractivity contribution is 9.12. The standard InChI is InChI=1S/C27H30BrN5O2S/c1-21(31-17-23-9-5-12-29-16-23)15-26(32-27-19-30-18-25(27)28)24-10-6-13-33(20-24)36(34,35)14-11-22-7-3-2-4-8-22/h2-5,7-9,11-12,14-16,18,24,31H,6,10,13,17,19-20H2,1H3/b14-11+,21-15+,32-26+. The van der Waals surface area contributed by atoms with Crippen LogP contribution in [0.2, 0.25) is 0 Å². The summed E-state index contributed by atoms with van der Waals surface area (Å²) >= 11 is 3.54. The molecule has 1 N–H and O–H groups in total. The summed E-state index contributed by atoms with van der Waals surface area (Å²) in [5.41, 5.74) is 4.60. The number of benzene rings is 1. The summed E-state index contributed by atoms with van der Waals surface area (Å²) in [5.74, 6) is -0.0257. The van der Waals surface area contributed by atoms with Crippen LogP contribution >= 0.6 is 15.9 Å². The number of nitrogens with zero attached hydrogens (tertiary/aromatic N) is 4. The lowest BCUT2D eigenvalue weighted by molar-refractivity contribution is 0.315. The first-order valence-corrected chi connectivity index (χ1v) is 14.2. The second kappa shape index (κ2) is 12.4. The summed E-state index contributed by atoms with van der Waals surface area (Å²) in [5, 5.41) is 4.73. The van der Waals surface area contributed by atoms with Crippen LogP contribution in [0.25, 0.3) is 6.08 Å². The van der Waals surface area contributed by atoms with Crippen LogP contribution in [0.1, 0.15) is 30.9 Å². The molecule has 1 unspecified atom stereocenters. The van der Waals surface area contributed by atoms with Gasteiger partial charge < -0.3 is 5.32 Å². The first-order valence-electron chi connectivity index (χ1n) is 11.9. The first kappa shape index (κ1) is 26.2. The number of hydrogen-bond acceptors (Lipinski definition) is 6. The highest BCUT2D eigenvalue weighted by atomic mass is 79.9. The number of piperidine rings is 1. The van der Waals surface area contributed by atoms with Gasteiger partial charge in [0.2, 0.25) is 10.0 Å². The number of rotatable bonds is 9. The molecule has 2 aliphatic rings. The Morgan fingerprint density at radius 2 is 2.08 bits per heavy atom. The minimum absolute atomic E-state index is 0.0257. The largest absolute Gasteiger partial charge is 0.384 e. The van der Waals surface area contributed by atoms with Crippen molar-refractivity contribution in [2.24, 2.45) is 15.9 Å². The van der Waals surface area contributed by atoms with Gasteiger partial charge in [0.1, 0.15) is 0 Å². The third-order valence-corrected chi connectivity index (χ3v) is 8.23. The van der Waals surface area contributed by atoms with E-state index in [1.54, 1.807) is 22.8 Å². The van der Waals surface area contributed by atoms with E-state index in [9.17, 15) is 8.42 Å². The maximum absolute atomic E-state index is 13.1. The van der Waals surface area contributed by atoms with Gasteiger partial charge in [0.15, 0.2) is 0 Å². The Morgan fingerprint density at radius 1 is 1.25 bits per heavy atom. The first-order chi connectivity index (χ1) is 17.4. The van der Waals surface area contributed by atoms with Crippen LogP contribution in [0.5, 0.6) is 0 Å². The van der Waals surface area contributed by atoms with E-state index in [4.69, 9.17) is 4.99 Å². The molecule has 7 nitrogen and oxygen atoms in total. The quantitative estimate of drug-likeness (QED) is 0.435. The molecule has 0 saturated carbocycles. The lowest BCUT2D eigenvalue weighted by atomic mass is 9.93. The molecule has 1 aromatic carbocycles. The van der Waals surface area contributed by atoms with E-state index < -0.39 is 10.0 Å². The highest BCUT2D eigenvalue weighted by Gasteiger charge is 2.30. The van der Waals surface area contributed by atoms with Gasteiger partial charge in [-0.15, -0.1) is 0 Å². The summed E-state index contributed by atoms with van der Waals surface area (Å²) in [7, 11) is -3.55. The van der Waals surface area contributed by atoms with E-state index >= 15 is 0 Å². The van der Waals surface area contributed by atoms with Gasteiger partial charge in [-0.05, 0) is 65.0 Å². The zero-order valence-corrected chi connectivity index (χ0v) is 22.6. The summed E-state index contributed by atoms with van der Waals surface area (Å²) < 4.78 is 28.7. The smallest absolute Gasteiger partial charge is 0.236 e. The molecule has 36 heavy (non-hydrogen) atoms. The van der Waals surface area contributed by atoms with Crippen molar-refractivity contribution in [1.29, 1.82) is 0 Å². The number of aliphatic imine (C=N–C) groups is 2. The van der Waals surface area contributed by atoms with Crippen molar-refractivity contribution in [3.63, 3.8) is 0 Å². The normalized spacial score (nSPS) is 19.9. The van der Waals surface area contributed by atoms with Crippen LogP contribution in [-0.2, 0) is 16.6 Å². The summed E-state index contributed by atoms with van der Waals surface area (Å²) in [6.45, 7) is 4.05. The molecule has 0 aliphatic carbocycles. The number of allylic oxidation sites excluding steroid dienone is 3. The number of halogens is 1. The van der Waals surface area contributed by atoms with E-state index in [1.807, 2.05) is 61.7 Å². The number of aromatic nitrogens is 1. The lowest BCUT2D eigenvalue weighted by Crippen LogP contribution is -2.41. The van der Waals surface area contributed by atoms with Crippen molar-refractivity contribution in [2.45, 2.75) is 26.3 Å². The van der Waals surface area contributed by atoms with E-state index in [1.165, 1.54) is 5.41 Å². The van der Waals surface area contributed by atoms with Gasteiger partial charge in [-0.1, -0.05) is 36.4 Å². The van der Waals surface area contributed by atoms with Crippen molar-refractivity contribution in [3.8, 4) is 0 Å². The molecular formula is C27H30BrN5O2S. The van der Waals surface area contributed by atoms with Crippen LogP contribution in [0, 0.1) is 5.92 Å². The SMILES string of the molecule is C/C(=C\C(=N/C1=C(Br)C=NC1)C1CCCN(S(=O)(=O)/C=C/c2ccccc2)C1)NCc1cccnc1. The van der Waals surface area contributed by atoms with Crippen LogP contribution in [0.3, 0.4) is 0 Å². The molecule has 0 bridgehead atoms. The van der Waals surface area contributed by atoms with Crippen LogP contribution < -0.4 is 5.32 Å².